The summed E-state index contributed by atoms with van der Waals surface area (Å²) in [4.78, 5) is 0. The third-order valence-electron chi connectivity index (χ3n) is 1.97. The summed E-state index contributed by atoms with van der Waals surface area (Å²) >= 11 is 0. The second-order valence-corrected chi connectivity index (χ2v) is 2.69. The van der Waals surface area contributed by atoms with Crippen LogP contribution in [0.5, 0.6) is 0 Å². The van der Waals surface area contributed by atoms with Gasteiger partial charge in [-0.2, -0.15) is 0 Å². The number of benzene rings is 1. The van der Waals surface area contributed by atoms with Crippen LogP contribution in [-0.2, 0) is 0 Å². The van der Waals surface area contributed by atoms with E-state index in [0.717, 1.165) is 0 Å². The van der Waals surface area contributed by atoms with Crippen molar-refractivity contribution in [2.75, 3.05) is 0 Å². The van der Waals surface area contributed by atoms with Gasteiger partial charge in [-0.1, -0.05) is 19.4 Å². The molecule has 0 heterocycles. The molecule has 0 saturated carbocycles. The Morgan fingerprint density at radius 2 is 0.786 bits per heavy atom. The van der Waals surface area contributed by atoms with Crippen molar-refractivity contribution in [1.29, 1.82) is 0 Å². The first-order valence-electron chi connectivity index (χ1n) is 4.44. The summed E-state index contributed by atoms with van der Waals surface area (Å²) in [5.74, 6) is 0. The van der Waals surface area contributed by atoms with Gasteiger partial charge in [0.05, 0.1) is 0 Å². The molecular weight excluding hydrogens is 162 g/mol. The molecule has 0 saturated heterocycles. The summed E-state index contributed by atoms with van der Waals surface area (Å²) in [6, 6.07) is 0. The van der Waals surface area contributed by atoms with E-state index in [9.17, 15) is 0 Å². The van der Waals surface area contributed by atoms with Crippen LogP contribution in [0.3, 0.4) is 0 Å². The first-order valence-corrected chi connectivity index (χ1v) is 4.44. The minimum atomic E-state index is 0.260. The van der Waals surface area contributed by atoms with E-state index in [4.69, 9.17) is 39.2 Å². The summed E-state index contributed by atoms with van der Waals surface area (Å²) < 4.78 is 0. The zero-order valence-corrected chi connectivity index (χ0v) is 8.89. The highest BCUT2D eigenvalue weighted by Gasteiger charge is 2.05. The van der Waals surface area contributed by atoms with Gasteiger partial charge in [0.2, 0.25) is 0 Å². The molecule has 0 aliphatic carbocycles. The lowest BCUT2D eigenvalue weighted by molar-refractivity contribution is 1.50. The Bertz CT molecular complexity index is 227. The van der Waals surface area contributed by atoms with Gasteiger partial charge < -0.3 is 0 Å². The minimum Gasteiger partial charge on any atom is -0.112 e. The maximum atomic E-state index is 5.61. The molecule has 0 aliphatic rings. The van der Waals surface area contributed by atoms with Crippen LogP contribution in [0, 0.1) is 6.92 Å². The Morgan fingerprint density at radius 1 is 0.571 bits per heavy atom. The van der Waals surface area contributed by atoms with E-state index in [1.165, 1.54) is 0 Å². The largest absolute Gasteiger partial charge is 0.113 e. The van der Waals surface area contributed by atoms with Gasteiger partial charge in [-0.25, -0.2) is 0 Å². The second-order valence-electron chi connectivity index (χ2n) is 2.69. The molecule has 0 amide bonds. The average Bonchev–Trinajstić information content (AvgIpc) is 2.24. The molecule has 0 unspecified atom stereocenters. The molecule has 10 radical (unpaired) electrons. The van der Waals surface area contributed by atoms with Crippen molar-refractivity contribution in [3.8, 4) is 0 Å². The molecule has 0 N–H and O–H groups in total. The zero-order chi connectivity index (χ0) is 11.5. The molecular formula is C9H9B5. The van der Waals surface area contributed by atoms with Crippen LogP contribution in [0.1, 0.15) is 19.4 Å². The fourth-order valence-electron chi connectivity index (χ4n) is 0.984. The monoisotopic (exact) mass is 172 g/mol. The van der Waals surface area contributed by atoms with E-state index in [0.29, 0.717) is 27.4 Å². The highest BCUT2D eigenvalue weighted by molar-refractivity contribution is 6.67. The first-order chi connectivity index (χ1) is 6.46. The van der Waals surface area contributed by atoms with Crippen LogP contribution < -0.4 is 27.3 Å². The first kappa shape index (κ1) is 13.5. The van der Waals surface area contributed by atoms with Gasteiger partial charge in [0, 0.05) is 0 Å². The standard InChI is InChI=1S/C7H3B5.C2H6/c1-2-3(8)5(10)7(12)6(11)4(2)9;1-2/h1H3;1-2H3. The topological polar surface area (TPSA) is 0 Å². The summed E-state index contributed by atoms with van der Waals surface area (Å²) in [6.07, 6.45) is 0. The molecule has 0 aliphatic heterocycles. The summed E-state index contributed by atoms with van der Waals surface area (Å²) in [7, 11) is 27.9. The molecule has 0 fully saturated rings. The molecule has 0 nitrogen and oxygen atoms in total. The Morgan fingerprint density at radius 3 is 1.07 bits per heavy atom. The fourth-order valence-corrected chi connectivity index (χ4v) is 0.984. The highest BCUT2D eigenvalue weighted by Crippen LogP contribution is 1.78. The Kier molecular flexibility index (Phi) is 5.26. The zero-order valence-electron chi connectivity index (χ0n) is 8.89. The minimum absolute atomic E-state index is 0.260. The van der Waals surface area contributed by atoms with Crippen molar-refractivity contribution in [3.05, 3.63) is 5.56 Å². The third kappa shape index (κ3) is 2.32. The highest BCUT2D eigenvalue weighted by atomic mass is 14.0. The Hall–Kier alpha value is -0.455. The van der Waals surface area contributed by atoms with Crippen molar-refractivity contribution in [1.82, 2.24) is 0 Å². The molecule has 14 heavy (non-hydrogen) atoms. The van der Waals surface area contributed by atoms with Crippen LogP contribution in [-0.4, -0.2) is 39.2 Å². The van der Waals surface area contributed by atoms with Crippen LogP contribution in [0.25, 0.3) is 0 Å². The van der Waals surface area contributed by atoms with Crippen molar-refractivity contribution < 1.29 is 0 Å². The fraction of sp³-hybridized carbons (Fsp3) is 0.333. The van der Waals surface area contributed by atoms with Crippen LogP contribution in [0.4, 0.5) is 0 Å². The summed E-state index contributed by atoms with van der Waals surface area (Å²) in [6.45, 7) is 5.75. The van der Waals surface area contributed by atoms with E-state index in [-0.39, 0.29) is 5.46 Å². The van der Waals surface area contributed by atoms with Gasteiger partial charge in [0.15, 0.2) is 0 Å². The molecule has 0 atom stereocenters. The van der Waals surface area contributed by atoms with Crippen molar-refractivity contribution in [3.63, 3.8) is 0 Å². The van der Waals surface area contributed by atoms with E-state index in [2.05, 4.69) is 0 Å². The molecule has 0 bridgehead atoms. The molecule has 60 valence electrons. The lowest BCUT2D eigenvalue weighted by Crippen LogP contribution is -2.55. The number of hydrogen-bond donors (Lipinski definition) is 0. The van der Waals surface area contributed by atoms with Gasteiger partial charge in [0.25, 0.3) is 0 Å². The van der Waals surface area contributed by atoms with Crippen LogP contribution in [0.2, 0.25) is 0 Å². The van der Waals surface area contributed by atoms with Gasteiger partial charge in [-0.3, -0.25) is 0 Å². The predicted octanol–water partition coefficient (Wildman–Crippen LogP) is -3.01. The molecule has 1 aromatic carbocycles. The van der Waals surface area contributed by atoms with E-state index in [1.807, 2.05) is 13.8 Å². The quantitative estimate of drug-likeness (QED) is 0.365. The van der Waals surface area contributed by atoms with E-state index >= 15 is 0 Å². The Balaban J connectivity index is 0.000000791. The van der Waals surface area contributed by atoms with Crippen molar-refractivity contribution in [2.24, 2.45) is 0 Å². The maximum Gasteiger partial charge on any atom is 0.113 e. The lowest BCUT2D eigenvalue weighted by Gasteiger charge is -2.17. The number of hydrogen-bond acceptors (Lipinski definition) is 0. The SMILES string of the molecule is CC.[B]c1c([B])c([B])c(C)c([B])c1[B]. The second kappa shape index (κ2) is 5.43. The van der Waals surface area contributed by atoms with E-state index < -0.39 is 0 Å². The van der Waals surface area contributed by atoms with Crippen molar-refractivity contribution >= 4 is 66.5 Å². The predicted molar refractivity (Wildman–Crippen MR) is 69.5 cm³/mol. The summed E-state index contributed by atoms with van der Waals surface area (Å²) in [5, 5.41) is 0. The smallest absolute Gasteiger partial charge is 0.112 e. The van der Waals surface area contributed by atoms with Crippen molar-refractivity contribution in [2.45, 2.75) is 20.8 Å². The average molecular weight is 171 g/mol. The van der Waals surface area contributed by atoms with Crippen LogP contribution >= 0.6 is 0 Å². The maximum absolute atomic E-state index is 5.61. The Labute approximate surface area is 93.3 Å². The third-order valence-corrected chi connectivity index (χ3v) is 1.97. The molecule has 0 aromatic heterocycles. The summed E-state index contributed by atoms with van der Waals surface area (Å²) in [5.41, 5.74) is 2.35. The molecule has 0 spiro atoms. The lowest BCUT2D eigenvalue weighted by atomic mass is 9.61. The number of rotatable bonds is 0. The van der Waals surface area contributed by atoms with E-state index in [1.54, 1.807) is 6.92 Å². The molecule has 1 aromatic rings. The molecule has 5 heteroatoms. The van der Waals surface area contributed by atoms with Gasteiger partial charge in [-0.15, -0.1) is 27.3 Å². The van der Waals surface area contributed by atoms with Gasteiger partial charge >= 0.3 is 0 Å². The van der Waals surface area contributed by atoms with Crippen LogP contribution in [0.15, 0.2) is 0 Å². The molecule has 1 rings (SSSR count). The normalized spacial score (nSPS) is 9.07. The van der Waals surface area contributed by atoms with Gasteiger partial charge in [0.1, 0.15) is 39.2 Å². The van der Waals surface area contributed by atoms with Gasteiger partial charge in [-0.05, 0) is 6.92 Å².